The Labute approximate surface area is 262 Å². The maximum Gasteiger partial charge on any atom is 0.256 e. The van der Waals surface area contributed by atoms with E-state index < -0.39 is 11.9 Å². The number of anilines is 3. The number of piperazine rings is 1. The summed E-state index contributed by atoms with van der Waals surface area (Å²) in [6.07, 6.45) is 1.55. The first-order valence-electron chi connectivity index (χ1n) is 15.0. The number of rotatable bonds is 12. The van der Waals surface area contributed by atoms with E-state index >= 15 is 0 Å². The van der Waals surface area contributed by atoms with E-state index in [9.17, 15) is 18.4 Å². The predicted octanol–water partition coefficient (Wildman–Crippen LogP) is 5.30. The molecule has 0 saturated carbocycles. The second kappa shape index (κ2) is 14.6. The number of hydrogen-bond acceptors (Lipinski definition) is 6. The number of thiocarbonyl (C=S) groups is 1. The number of hydrogen-bond donors (Lipinski definition) is 1. The molecule has 1 N–H and O–H groups in total. The van der Waals surface area contributed by atoms with Crippen molar-refractivity contribution in [3.05, 3.63) is 84.4 Å². The number of amides is 2. The molecule has 8 nitrogen and oxygen atoms in total. The van der Waals surface area contributed by atoms with Gasteiger partial charge >= 0.3 is 0 Å². The van der Waals surface area contributed by atoms with Gasteiger partial charge in [-0.15, -0.1) is 0 Å². The molecule has 0 radical (unpaired) electrons. The third-order valence-electron chi connectivity index (χ3n) is 7.83. The molecule has 2 fully saturated rings. The molecule has 0 aromatic heterocycles. The minimum absolute atomic E-state index is 0.0822. The van der Waals surface area contributed by atoms with Crippen molar-refractivity contribution in [3.8, 4) is 5.75 Å². The maximum absolute atomic E-state index is 13.7. The van der Waals surface area contributed by atoms with Crippen molar-refractivity contribution < 1.29 is 23.1 Å². The first kappa shape index (κ1) is 31.3. The number of carbonyl (C=O) groups excluding carboxylic acids is 2. The molecule has 0 bridgehead atoms. The predicted molar refractivity (Wildman–Crippen MR) is 172 cm³/mol. The summed E-state index contributed by atoms with van der Waals surface area (Å²) < 4.78 is 32.6. The monoisotopic (exact) mass is 621 g/mol. The number of nitrogens with zero attached hydrogens (tertiary/aromatic N) is 4. The van der Waals surface area contributed by atoms with Gasteiger partial charge in [-0.2, -0.15) is 0 Å². The van der Waals surface area contributed by atoms with Crippen molar-refractivity contribution in [2.75, 3.05) is 61.0 Å². The van der Waals surface area contributed by atoms with Crippen LogP contribution in [-0.4, -0.2) is 78.6 Å². The number of halogens is 2. The largest absolute Gasteiger partial charge is 0.494 e. The Morgan fingerprint density at radius 1 is 0.886 bits per heavy atom. The van der Waals surface area contributed by atoms with Gasteiger partial charge < -0.3 is 19.9 Å². The summed E-state index contributed by atoms with van der Waals surface area (Å²) in [7, 11) is 0. The Kier molecular flexibility index (Phi) is 10.4. The quantitative estimate of drug-likeness (QED) is 0.276. The van der Waals surface area contributed by atoms with Gasteiger partial charge in [0.1, 0.15) is 23.4 Å². The van der Waals surface area contributed by atoms with Gasteiger partial charge in [-0.3, -0.25) is 19.4 Å². The SMILES string of the molecule is CCCOc1ccc(NC(=O)CC2C(=O)N(c3ccc(F)cc3)C(=S)N2CCCN2CCN(c3ccc(F)cc3)CC2)cc1. The van der Waals surface area contributed by atoms with E-state index in [4.69, 9.17) is 17.0 Å². The van der Waals surface area contributed by atoms with Crippen molar-refractivity contribution in [2.24, 2.45) is 0 Å². The van der Waals surface area contributed by atoms with Crippen LogP contribution in [0.25, 0.3) is 0 Å². The van der Waals surface area contributed by atoms with Crippen LogP contribution in [0.4, 0.5) is 25.8 Å². The van der Waals surface area contributed by atoms with Crippen molar-refractivity contribution >= 4 is 46.2 Å². The van der Waals surface area contributed by atoms with Gasteiger partial charge in [0.25, 0.3) is 5.91 Å². The van der Waals surface area contributed by atoms with Crippen molar-refractivity contribution in [2.45, 2.75) is 32.2 Å². The average Bonchev–Trinajstić information content (AvgIpc) is 3.25. The van der Waals surface area contributed by atoms with Crippen molar-refractivity contribution in [1.82, 2.24) is 9.80 Å². The van der Waals surface area contributed by atoms with E-state index in [0.717, 1.165) is 57.0 Å². The standard InChI is InChI=1S/C33H37F2N5O3S/c1-2-22-43-29-14-8-26(9-15-29)36-31(41)23-30-32(42)40(28-12-6-25(35)7-13-28)33(44)39(30)17-3-16-37-18-20-38(21-19-37)27-10-4-24(34)5-11-27/h4-15,30H,2-3,16-23H2,1H3,(H,36,41). The molecule has 11 heteroatoms. The Bertz CT molecular complexity index is 1430. The second-order valence-electron chi connectivity index (χ2n) is 10.9. The highest BCUT2D eigenvalue weighted by molar-refractivity contribution is 7.80. The van der Waals surface area contributed by atoms with E-state index in [0.29, 0.717) is 29.6 Å². The summed E-state index contributed by atoms with van der Waals surface area (Å²) in [6, 6.07) is 18.5. The molecule has 3 aromatic carbocycles. The zero-order valence-electron chi connectivity index (χ0n) is 24.8. The van der Waals surface area contributed by atoms with Crippen LogP contribution in [0.15, 0.2) is 72.8 Å². The van der Waals surface area contributed by atoms with Gasteiger partial charge in [-0.05, 0) is 104 Å². The fraction of sp³-hybridized carbons (Fsp3) is 0.364. The van der Waals surface area contributed by atoms with Gasteiger partial charge in [-0.1, -0.05) is 6.92 Å². The molecule has 1 atom stereocenters. The average molecular weight is 622 g/mol. The maximum atomic E-state index is 13.7. The molecule has 2 amide bonds. The normalized spacial score (nSPS) is 17.3. The number of nitrogens with one attached hydrogen (secondary N) is 1. The summed E-state index contributed by atoms with van der Waals surface area (Å²) in [4.78, 5) is 34.6. The van der Waals surface area contributed by atoms with Gasteiger partial charge in [0.2, 0.25) is 5.91 Å². The smallest absolute Gasteiger partial charge is 0.256 e. The molecular formula is C33H37F2N5O3S. The lowest BCUT2D eigenvalue weighted by Crippen LogP contribution is -2.47. The number of benzene rings is 3. The minimum atomic E-state index is -0.782. The van der Waals surface area contributed by atoms with Crippen LogP contribution < -0.4 is 19.9 Å². The van der Waals surface area contributed by atoms with Crippen LogP contribution >= 0.6 is 12.2 Å². The van der Waals surface area contributed by atoms with Gasteiger partial charge in [0.15, 0.2) is 5.11 Å². The van der Waals surface area contributed by atoms with Crippen LogP contribution in [0.3, 0.4) is 0 Å². The molecule has 3 aromatic rings. The number of ether oxygens (including phenoxy) is 1. The van der Waals surface area contributed by atoms with E-state index in [1.165, 1.54) is 41.3 Å². The molecule has 5 rings (SSSR count). The fourth-order valence-electron chi connectivity index (χ4n) is 5.50. The second-order valence-corrected chi connectivity index (χ2v) is 11.3. The van der Waals surface area contributed by atoms with Crippen LogP contribution in [-0.2, 0) is 9.59 Å². The minimum Gasteiger partial charge on any atom is -0.494 e. The molecular weight excluding hydrogens is 584 g/mol. The van der Waals surface area contributed by atoms with Gasteiger partial charge in [0, 0.05) is 44.1 Å². The van der Waals surface area contributed by atoms with Crippen LogP contribution in [0.5, 0.6) is 5.75 Å². The Hall–Kier alpha value is -4.09. The summed E-state index contributed by atoms with van der Waals surface area (Å²) in [6.45, 7) is 7.31. The van der Waals surface area contributed by atoms with Crippen molar-refractivity contribution in [3.63, 3.8) is 0 Å². The molecule has 0 spiro atoms. The van der Waals surface area contributed by atoms with Gasteiger partial charge in [0.05, 0.1) is 18.7 Å². The highest BCUT2D eigenvalue weighted by Gasteiger charge is 2.44. The molecule has 2 aliphatic heterocycles. The highest BCUT2D eigenvalue weighted by atomic mass is 32.1. The first-order valence-corrected chi connectivity index (χ1v) is 15.4. The third-order valence-corrected chi connectivity index (χ3v) is 8.25. The molecule has 2 heterocycles. The van der Waals surface area contributed by atoms with Gasteiger partial charge in [-0.25, -0.2) is 8.78 Å². The lowest BCUT2D eigenvalue weighted by Gasteiger charge is -2.36. The zero-order chi connectivity index (χ0) is 31.1. The lowest BCUT2D eigenvalue weighted by molar-refractivity contribution is -0.124. The fourth-order valence-corrected chi connectivity index (χ4v) is 5.92. The molecule has 44 heavy (non-hydrogen) atoms. The molecule has 0 aliphatic carbocycles. The summed E-state index contributed by atoms with van der Waals surface area (Å²) in [5, 5.41) is 3.18. The third kappa shape index (κ3) is 7.70. The zero-order valence-corrected chi connectivity index (χ0v) is 25.6. The summed E-state index contributed by atoms with van der Waals surface area (Å²) >= 11 is 5.76. The van der Waals surface area contributed by atoms with E-state index in [-0.39, 0.29) is 24.1 Å². The van der Waals surface area contributed by atoms with Crippen LogP contribution in [0, 0.1) is 11.6 Å². The molecule has 232 valence electrons. The highest BCUT2D eigenvalue weighted by Crippen LogP contribution is 2.28. The van der Waals surface area contributed by atoms with E-state index in [2.05, 4.69) is 15.1 Å². The summed E-state index contributed by atoms with van der Waals surface area (Å²) in [5.74, 6) is -0.556. The molecule has 2 saturated heterocycles. The Morgan fingerprint density at radius 2 is 1.50 bits per heavy atom. The topological polar surface area (TPSA) is 68.4 Å². The van der Waals surface area contributed by atoms with Crippen molar-refractivity contribution in [1.29, 1.82) is 0 Å². The lowest BCUT2D eigenvalue weighted by atomic mass is 10.1. The van der Waals surface area contributed by atoms with Crippen LogP contribution in [0.1, 0.15) is 26.2 Å². The molecule has 2 aliphatic rings. The molecule has 1 unspecified atom stereocenters. The van der Waals surface area contributed by atoms with E-state index in [1.807, 2.05) is 11.8 Å². The van der Waals surface area contributed by atoms with E-state index in [1.54, 1.807) is 36.4 Å². The Morgan fingerprint density at radius 3 is 2.11 bits per heavy atom. The summed E-state index contributed by atoms with van der Waals surface area (Å²) in [5.41, 5.74) is 2.08. The van der Waals surface area contributed by atoms with Crippen LogP contribution in [0.2, 0.25) is 0 Å². The Balaban J connectivity index is 1.20. The number of carbonyl (C=O) groups is 2. The first-order chi connectivity index (χ1) is 21.3.